The van der Waals surface area contributed by atoms with Crippen LogP contribution in [0.5, 0.6) is 0 Å². The summed E-state index contributed by atoms with van der Waals surface area (Å²) in [5.41, 5.74) is 0.472. The Morgan fingerprint density at radius 3 is 2.28 bits per heavy atom. The quantitative estimate of drug-likeness (QED) is 0.836. The van der Waals surface area contributed by atoms with Gasteiger partial charge in [-0.2, -0.15) is 0 Å². The largest absolute Gasteiger partial charge is 0.254 e. The average Bonchev–Trinajstić information content (AvgIpc) is 2.34. The van der Waals surface area contributed by atoms with Gasteiger partial charge in [-0.05, 0) is 48.0 Å². The fourth-order valence-electron chi connectivity index (χ4n) is 1.46. The molecule has 94 valence electrons. The van der Waals surface area contributed by atoms with Crippen LogP contribution in [0.1, 0.15) is 5.56 Å². The molecule has 5 heteroatoms. The van der Waals surface area contributed by atoms with Crippen LogP contribution in [0.25, 0.3) is 0 Å². The van der Waals surface area contributed by atoms with E-state index in [1.807, 2.05) is 0 Å². The summed E-state index contributed by atoms with van der Waals surface area (Å²) < 4.78 is 37.8. The fourth-order valence-corrected chi connectivity index (χ4v) is 2.86. The first-order valence-corrected chi connectivity index (χ1v) is 6.84. The molecule has 2 aromatic rings. The topological polar surface area (TPSA) is 17.1 Å². The van der Waals surface area contributed by atoms with Crippen molar-refractivity contribution < 1.29 is 13.0 Å². The summed E-state index contributed by atoms with van der Waals surface area (Å²) in [5.74, 6) is -0.715. The molecule has 0 aromatic heterocycles. The monoisotopic (exact) mass is 286 g/mol. The molecule has 0 fully saturated rings. The van der Waals surface area contributed by atoms with Crippen LogP contribution in [-0.4, -0.2) is 4.21 Å². The molecular weight excluding hydrogens is 278 g/mol. The minimum absolute atomic E-state index is 0.0994. The second-order valence-electron chi connectivity index (χ2n) is 3.68. The highest BCUT2D eigenvalue weighted by atomic mass is 35.5. The number of benzene rings is 2. The summed E-state index contributed by atoms with van der Waals surface area (Å²) in [6.07, 6.45) is 0. The molecule has 0 aliphatic rings. The average molecular weight is 287 g/mol. The van der Waals surface area contributed by atoms with E-state index in [4.69, 9.17) is 11.6 Å². The third-order valence-electron chi connectivity index (χ3n) is 2.37. The van der Waals surface area contributed by atoms with Crippen molar-refractivity contribution in [1.82, 2.24) is 0 Å². The molecule has 0 amide bonds. The van der Waals surface area contributed by atoms with Gasteiger partial charge in [0.25, 0.3) is 0 Å². The molecule has 1 nitrogen and oxygen atoms in total. The number of hydrogen-bond acceptors (Lipinski definition) is 1. The van der Waals surface area contributed by atoms with E-state index >= 15 is 0 Å². The van der Waals surface area contributed by atoms with Gasteiger partial charge in [0.15, 0.2) is 0 Å². The Labute approximate surface area is 111 Å². The molecule has 0 radical (unpaired) electrons. The Bertz CT molecular complexity index is 584. The van der Waals surface area contributed by atoms with Crippen molar-refractivity contribution in [2.45, 2.75) is 10.6 Å². The lowest BCUT2D eigenvalue weighted by atomic mass is 10.2. The SMILES string of the molecule is O=S(Cc1cc(F)ccc1Cl)c1ccc(F)cc1. The Hall–Kier alpha value is -1.26. The zero-order valence-corrected chi connectivity index (χ0v) is 10.8. The van der Waals surface area contributed by atoms with Gasteiger partial charge in [-0.3, -0.25) is 4.21 Å². The summed E-state index contributed by atoms with van der Waals surface area (Å²) in [5, 5.41) is 0.367. The van der Waals surface area contributed by atoms with E-state index in [-0.39, 0.29) is 11.6 Å². The Morgan fingerprint density at radius 2 is 1.61 bits per heavy atom. The molecule has 0 N–H and O–H groups in total. The van der Waals surface area contributed by atoms with E-state index in [1.165, 1.54) is 42.5 Å². The molecule has 0 aliphatic carbocycles. The normalized spacial score (nSPS) is 12.4. The highest BCUT2D eigenvalue weighted by molar-refractivity contribution is 7.84. The summed E-state index contributed by atoms with van der Waals surface area (Å²) in [7, 11) is -1.38. The minimum Gasteiger partial charge on any atom is -0.254 e. The number of halogens is 3. The van der Waals surface area contributed by atoms with Crippen LogP contribution in [0.2, 0.25) is 5.02 Å². The molecule has 18 heavy (non-hydrogen) atoms. The molecule has 1 atom stereocenters. The third kappa shape index (κ3) is 3.15. The molecule has 0 saturated heterocycles. The van der Waals surface area contributed by atoms with Gasteiger partial charge in [0.05, 0.1) is 16.6 Å². The predicted octanol–water partition coefficient (Wildman–Crippen LogP) is 3.93. The Kier molecular flexibility index (Phi) is 4.09. The number of hydrogen-bond donors (Lipinski definition) is 0. The lowest BCUT2D eigenvalue weighted by Gasteiger charge is -2.05. The van der Waals surface area contributed by atoms with E-state index in [0.29, 0.717) is 15.5 Å². The van der Waals surface area contributed by atoms with Crippen molar-refractivity contribution in [3.05, 3.63) is 64.7 Å². The van der Waals surface area contributed by atoms with Crippen molar-refractivity contribution in [3.63, 3.8) is 0 Å². The van der Waals surface area contributed by atoms with Crippen LogP contribution in [0.15, 0.2) is 47.4 Å². The van der Waals surface area contributed by atoms with Crippen LogP contribution in [0, 0.1) is 11.6 Å². The first-order valence-electron chi connectivity index (χ1n) is 5.14. The maximum absolute atomic E-state index is 13.0. The van der Waals surface area contributed by atoms with Gasteiger partial charge < -0.3 is 0 Å². The lowest BCUT2D eigenvalue weighted by molar-refractivity contribution is 0.626. The van der Waals surface area contributed by atoms with Crippen molar-refractivity contribution in [1.29, 1.82) is 0 Å². The smallest absolute Gasteiger partial charge is 0.123 e. The standard InChI is InChI=1S/C13H9ClF2OS/c14-13-6-3-11(16)7-9(13)8-18(17)12-4-1-10(15)2-5-12/h1-7H,8H2. The van der Waals surface area contributed by atoms with Crippen molar-refractivity contribution in [3.8, 4) is 0 Å². The molecule has 2 rings (SSSR count). The maximum Gasteiger partial charge on any atom is 0.123 e. The summed E-state index contributed by atoms with van der Waals surface area (Å²) >= 11 is 5.89. The molecule has 1 unspecified atom stereocenters. The second kappa shape index (κ2) is 5.59. The van der Waals surface area contributed by atoms with Gasteiger partial charge in [0.2, 0.25) is 0 Å². The third-order valence-corrected chi connectivity index (χ3v) is 4.11. The molecule has 0 bridgehead atoms. The van der Waals surface area contributed by atoms with E-state index in [0.717, 1.165) is 0 Å². The highest BCUT2D eigenvalue weighted by Crippen LogP contribution is 2.21. The molecule has 0 heterocycles. The predicted molar refractivity (Wildman–Crippen MR) is 67.9 cm³/mol. The zero-order valence-electron chi connectivity index (χ0n) is 9.20. The van der Waals surface area contributed by atoms with E-state index < -0.39 is 16.6 Å². The van der Waals surface area contributed by atoms with Crippen LogP contribution in [0.4, 0.5) is 8.78 Å². The maximum atomic E-state index is 13.0. The van der Waals surface area contributed by atoms with E-state index in [1.54, 1.807) is 0 Å². The summed E-state index contributed by atoms with van der Waals surface area (Å²) in [6.45, 7) is 0. The van der Waals surface area contributed by atoms with Crippen LogP contribution in [-0.2, 0) is 16.6 Å². The molecule has 2 aromatic carbocycles. The first-order chi connectivity index (χ1) is 8.56. The summed E-state index contributed by atoms with van der Waals surface area (Å²) in [4.78, 5) is 0.483. The minimum atomic E-state index is -1.38. The second-order valence-corrected chi connectivity index (χ2v) is 5.54. The van der Waals surface area contributed by atoms with E-state index in [9.17, 15) is 13.0 Å². The Morgan fingerprint density at radius 1 is 1.00 bits per heavy atom. The van der Waals surface area contributed by atoms with Crippen LogP contribution < -0.4 is 0 Å². The molecule has 0 aliphatic heterocycles. The van der Waals surface area contributed by atoms with Crippen molar-refractivity contribution >= 4 is 22.4 Å². The van der Waals surface area contributed by atoms with Gasteiger partial charge >= 0.3 is 0 Å². The van der Waals surface area contributed by atoms with Crippen molar-refractivity contribution in [2.24, 2.45) is 0 Å². The lowest BCUT2D eigenvalue weighted by Crippen LogP contribution is -1.98. The number of rotatable bonds is 3. The van der Waals surface area contributed by atoms with E-state index in [2.05, 4.69) is 0 Å². The fraction of sp³-hybridized carbons (Fsp3) is 0.0769. The summed E-state index contributed by atoms with van der Waals surface area (Å²) in [6, 6.07) is 9.28. The highest BCUT2D eigenvalue weighted by Gasteiger charge is 2.09. The Balaban J connectivity index is 2.21. The van der Waals surface area contributed by atoms with Crippen molar-refractivity contribution in [2.75, 3.05) is 0 Å². The molecular formula is C13H9ClF2OS. The molecule has 0 saturated carbocycles. The van der Waals surface area contributed by atoms with Crippen LogP contribution >= 0.6 is 11.6 Å². The van der Waals surface area contributed by atoms with Gasteiger partial charge in [-0.1, -0.05) is 11.6 Å². The molecule has 0 spiro atoms. The van der Waals surface area contributed by atoms with Gasteiger partial charge in [-0.25, -0.2) is 8.78 Å². The first kappa shape index (κ1) is 13.2. The zero-order chi connectivity index (χ0) is 13.1. The van der Waals surface area contributed by atoms with Crippen LogP contribution in [0.3, 0.4) is 0 Å². The van der Waals surface area contributed by atoms with Gasteiger partial charge in [0, 0.05) is 9.92 Å². The van der Waals surface area contributed by atoms with Gasteiger partial charge in [0.1, 0.15) is 11.6 Å². The van der Waals surface area contributed by atoms with Gasteiger partial charge in [-0.15, -0.1) is 0 Å².